The fourth-order valence-electron chi connectivity index (χ4n) is 3.25. The Labute approximate surface area is 106 Å². The van der Waals surface area contributed by atoms with Crippen LogP contribution >= 0.6 is 0 Å². The number of piperidine rings is 3. The summed E-state index contributed by atoms with van der Waals surface area (Å²) in [6, 6.07) is 0.955. The molecule has 3 aliphatic rings. The van der Waals surface area contributed by atoms with Crippen molar-refractivity contribution in [2.45, 2.75) is 31.7 Å². The van der Waals surface area contributed by atoms with Crippen LogP contribution < -0.4 is 0 Å². The maximum atomic E-state index is 5.51. The third-order valence-corrected chi connectivity index (χ3v) is 7.50. The minimum atomic E-state index is -2.36. The molecule has 0 spiro atoms. The molecule has 3 rings (SSSR count). The highest BCUT2D eigenvalue weighted by Gasteiger charge is 2.44. The fraction of sp³-hybridized carbons (Fsp3) is 1.00. The van der Waals surface area contributed by atoms with Crippen LogP contribution in [0.1, 0.15) is 25.7 Å². The van der Waals surface area contributed by atoms with Gasteiger partial charge in [-0.2, -0.15) is 0 Å². The molecule has 3 heterocycles. The number of hydrogen-bond acceptors (Lipinski definition) is 4. The van der Waals surface area contributed by atoms with Crippen molar-refractivity contribution < 1.29 is 13.3 Å². The SMILES string of the molecule is CO[Si](CCC12CCN(CC1)CC2)(OC)OC. The van der Waals surface area contributed by atoms with Gasteiger partial charge in [-0.15, -0.1) is 0 Å². The highest BCUT2D eigenvalue weighted by Crippen LogP contribution is 2.44. The molecule has 4 nitrogen and oxygen atoms in total. The zero-order valence-electron chi connectivity index (χ0n) is 11.3. The van der Waals surface area contributed by atoms with Gasteiger partial charge in [0.05, 0.1) is 0 Å². The second kappa shape index (κ2) is 5.36. The Kier molecular flexibility index (Phi) is 4.25. The van der Waals surface area contributed by atoms with Crippen LogP contribution in [0.15, 0.2) is 0 Å². The second-order valence-corrected chi connectivity index (χ2v) is 8.48. The van der Waals surface area contributed by atoms with Gasteiger partial charge < -0.3 is 18.2 Å². The quantitative estimate of drug-likeness (QED) is 0.680. The van der Waals surface area contributed by atoms with Crippen molar-refractivity contribution >= 4 is 8.80 Å². The lowest BCUT2D eigenvalue weighted by Gasteiger charge is -2.49. The molecule has 5 heteroatoms. The van der Waals surface area contributed by atoms with Gasteiger partial charge in [0.25, 0.3) is 0 Å². The molecule has 3 fully saturated rings. The zero-order chi connectivity index (χ0) is 12.4. The van der Waals surface area contributed by atoms with Gasteiger partial charge in [-0.1, -0.05) is 0 Å². The van der Waals surface area contributed by atoms with E-state index in [2.05, 4.69) is 4.90 Å². The predicted octanol–water partition coefficient (Wildman–Crippen LogP) is 1.74. The smallest absolute Gasteiger partial charge is 0.377 e. The molecule has 0 atom stereocenters. The third-order valence-electron chi connectivity index (χ3n) is 4.77. The van der Waals surface area contributed by atoms with Crippen molar-refractivity contribution in [3.05, 3.63) is 0 Å². The van der Waals surface area contributed by atoms with Crippen LogP contribution in [0, 0.1) is 5.41 Å². The molecule has 0 N–H and O–H groups in total. The molecule has 0 unspecified atom stereocenters. The Morgan fingerprint density at radius 2 is 1.41 bits per heavy atom. The third kappa shape index (κ3) is 2.74. The van der Waals surface area contributed by atoms with Crippen LogP contribution in [0.2, 0.25) is 6.04 Å². The van der Waals surface area contributed by atoms with E-state index in [-0.39, 0.29) is 0 Å². The van der Waals surface area contributed by atoms with Gasteiger partial charge >= 0.3 is 8.80 Å². The van der Waals surface area contributed by atoms with E-state index in [0.717, 1.165) is 6.04 Å². The molecule has 100 valence electrons. The van der Waals surface area contributed by atoms with Crippen LogP contribution in [0.3, 0.4) is 0 Å². The number of nitrogens with zero attached hydrogens (tertiary/aromatic N) is 1. The Morgan fingerprint density at radius 3 is 1.82 bits per heavy atom. The summed E-state index contributed by atoms with van der Waals surface area (Å²) in [6.45, 7) is 3.84. The topological polar surface area (TPSA) is 30.9 Å². The number of fused-ring (bicyclic) bond motifs is 3. The maximum absolute atomic E-state index is 5.51. The van der Waals surface area contributed by atoms with E-state index >= 15 is 0 Å². The first-order chi connectivity index (χ1) is 8.17. The van der Waals surface area contributed by atoms with Gasteiger partial charge in [0.1, 0.15) is 0 Å². The molecule has 0 aliphatic carbocycles. The van der Waals surface area contributed by atoms with Crippen LogP contribution in [-0.2, 0) is 13.3 Å². The van der Waals surface area contributed by atoms with E-state index in [1.54, 1.807) is 21.3 Å². The molecule has 0 saturated carbocycles. The van der Waals surface area contributed by atoms with Gasteiger partial charge in [-0.05, 0) is 50.7 Å². The van der Waals surface area contributed by atoms with E-state index < -0.39 is 8.80 Å². The van der Waals surface area contributed by atoms with Crippen LogP contribution in [-0.4, -0.2) is 54.7 Å². The molecule has 0 amide bonds. The summed E-state index contributed by atoms with van der Waals surface area (Å²) in [5, 5.41) is 0. The van der Waals surface area contributed by atoms with Crippen molar-refractivity contribution in [3.8, 4) is 0 Å². The minimum Gasteiger partial charge on any atom is -0.377 e. The van der Waals surface area contributed by atoms with Gasteiger partial charge in [-0.3, -0.25) is 0 Å². The predicted molar refractivity (Wildman–Crippen MR) is 68.9 cm³/mol. The van der Waals surface area contributed by atoms with Crippen molar-refractivity contribution in [1.82, 2.24) is 4.90 Å². The summed E-state index contributed by atoms with van der Waals surface area (Å²) >= 11 is 0. The average molecular weight is 259 g/mol. The van der Waals surface area contributed by atoms with E-state index in [0.29, 0.717) is 5.41 Å². The lowest BCUT2D eigenvalue weighted by atomic mass is 9.70. The molecule has 3 aliphatic heterocycles. The lowest BCUT2D eigenvalue weighted by Crippen LogP contribution is -2.50. The Hall–Kier alpha value is 0.0569. The standard InChI is InChI=1S/C12H25NO3Si/c1-14-17(15-2,16-3)11-7-12-4-8-13(9-5-12)10-6-12/h4-11H2,1-3H3. The first-order valence-electron chi connectivity index (χ1n) is 6.55. The molecule has 0 radical (unpaired) electrons. The Balaban J connectivity index is 1.92. The highest BCUT2D eigenvalue weighted by molar-refractivity contribution is 6.60. The van der Waals surface area contributed by atoms with Gasteiger partial charge in [0.15, 0.2) is 0 Å². The molecule has 3 saturated heterocycles. The molecular formula is C12H25NO3Si. The molecule has 0 aromatic heterocycles. The summed E-state index contributed by atoms with van der Waals surface area (Å²) in [7, 11) is 2.77. The highest BCUT2D eigenvalue weighted by atomic mass is 28.4. The number of hydrogen-bond donors (Lipinski definition) is 0. The molecule has 0 aromatic rings. The fourth-order valence-corrected chi connectivity index (χ4v) is 5.19. The van der Waals surface area contributed by atoms with Crippen LogP contribution in [0.4, 0.5) is 0 Å². The van der Waals surface area contributed by atoms with Crippen LogP contribution in [0.5, 0.6) is 0 Å². The minimum absolute atomic E-state index is 0.544. The molecule has 17 heavy (non-hydrogen) atoms. The van der Waals surface area contributed by atoms with Gasteiger partial charge in [-0.25, -0.2) is 0 Å². The van der Waals surface area contributed by atoms with Crippen molar-refractivity contribution in [2.24, 2.45) is 5.41 Å². The van der Waals surface area contributed by atoms with Crippen molar-refractivity contribution in [2.75, 3.05) is 41.0 Å². The van der Waals surface area contributed by atoms with E-state index in [1.165, 1.54) is 45.3 Å². The van der Waals surface area contributed by atoms with E-state index in [9.17, 15) is 0 Å². The monoisotopic (exact) mass is 259 g/mol. The summed E-state index contributed by atoms with van der Waals surface area (Å²) in [6.07, 6.45) is 5.22. The molecular weight excluding hydrogens is 234 g/mol. The average Bonchev–Trinajstić information content (AvgIpc) is 2.43. The summed E-state index contributed by atoms with van der Waals surface area (Å²) in [5.74, 6) is 0. The van der Waals surface area contributed by atoms with E-state index in [1.807, 2.05) is 0 Å². The van der Waals surface area contributed by atoms with Gasteiger partial charge in [0.2, 0.25) is 0 Å². The molecule has 0 aromatic carbocycles. The molecule has 2 bridgehead atoms. The normalized spacial score (nSPS) is 33.0. The number of rotatable bonds is 6. The van der Waals surface area contributed by atoms with E-state index in [4.69, 9.17) is 13.3 Å². The maximum Gasteiger partial charge on any atom is 0.500 e. The largest absolute Gasteiger partial charge is 0.500 e. The summed E-state index contributed by atoms with van der Waals surface area (Å²) in [4.78, 5) is 2.58. The lowest BCUT2D eigenvalue weighted by molar-refractivity contribution is 0.0181. The van der Waals surface area contributed by atoms with Crippen molar-refractivity contribution in [1.29, 1.82) is 0 Å². The summed E-state index contributed by atoms with van der Waals surface area (Å²) in [5.41, 5.74) is 0.544. The van der Waals surface area contributed by atoms with Crippen molar-refractivity contribution in [3.63, 3.8) is 0 Å². The Morgan fingerprint density at radius 1 is 0.941 bits per heavy atom. The first-order valence-corrected chi connectivity index (χ1v) is 8.49. The van der Waals surface area contributed by atoms with Crippen LogP contribution in [0.25, 0.3) is 0 Å². The first kappa shape index (κ1) is 13.5. The van der Waals surface area contributed by atoms with Gasteiger partial charge in [0, 0.05) is 27.4 Å². The summed E-state index contributed by atoms with van der Waals surface area (Å²) < 4.78 is 16.5. The zero-order valence-corrected chi connectivity index (χ0v) is 12.3. The second-order valence-electron chi connectivity index (χ2n) is 5.39. The Bertz CT molecular complexity index is 228.